The predicted octanol–water partition coefficient (Wildman–Crippen LogP) is 4.74. The van der Waals surface area contributed by atoms with Gasteiger partial charge in [-0.1, -0.05) is 36.4 Å². The largest absolute Gasteiger partial charge is 0.465 e. The van der Waals surface area contributed by atoms with E-state index in [2.05, 4.69) is 15.6 Å². The molecule has 0 spiro atoms. The maximum Gasteiger partial charge on any atom is 0.337 e. The molecule has 1 saturated heterocycles. The third-order valence-corrected chi connectivity index (χ3v) is 6.41. The number of nitrogens with zero attached hydrogens (tertiary/aromatic N) is 2. The number of esters is 1. The Balaban J connectivity index is 1.46. The van der Waals surface area contributed by atoms with Gasteiger partial charge in [-0.25, -0.2) is 4.79 Å². The van der Waals surface area contributed by atoms with Gasteiger partial charge in [-0.05, 0) is 60.7 Å². The van der Waals surface area contributed by atoms with Gasteiger partial charge in [0.2, 0.25) is 5.91 Å². The first-order valence-electron chi connectivity index (χ1n) is 11.6. The molecule has 0 radical (unpaired) electrons. The maximum absolute atomic E-state index is 13.0. The average Bonchev–Trinajstić information content (AvgIpc) is 3.54. The lowest BCUT2D eigenvalue weighted by molar-refractivity contribution is -0.116. The zero-order valence-corrected chi connectivity index (χ0v) is 20.8. The summed E-state index contributed by atoms with van der Waals surface area (Å²) in [7, 11) is 1.34. The van der Waals surface area contributed by atoms with Gasteiger partial charge < -0.3 is 24.7 Å². The number of hydrogen-bond donors (Lipinski definition) is 2. The van der Waals surface area contributed by atoms with Crippen LogP contribution in [0.3, 0.4) is 0 Å². The van der Waals surface area contributed by atoms with Gasteiger partial charge in [0.1, 0.15) is 24.1 Å². The fourth-order valence-corrected chi connectivity index (χ4v) is 4.65. The number of methoxy groups -OCH3 is 1. The number of benzene rings is 2. The van der Waals surface area contributed by atoms with Crippen LogP contribution in [0.15, 0.2) is 95.5 Å². The number of amides is 1. The van der Waals surface area contributed by atoms with E-state index in [0.29, 0.717) is 27.9 Å². The van der Waals surface area contributed by atoms with E-state index >= 15 is 0 Å². The molecule has 2 N–H and O–H groups in total. The maximum atomic E-state index is 13.0. The van der Waals surface area contributed by atoms with Crippen LogP contribution in [0.4, 0.5) is 5.69 Å². The molecule has 0 bridgehead atoms. The number of carbonyl (C=O) groups is 2. The summed E-state index contributed by atoms with van der Waals surface area (Å²) < 4.78 is 11.1. The number of pyridine rings is 1. The summed E-state index contributed by atoms with van der Waals surface area (Å²) in [5.41, 5.74) is 2.62. The highest BCUT2D eigenvalue weighted by Crippen LogP contribution is 2.40. The first-order chi connectivity index (χ1) is 18.0. The highest BCUT2D eigenvalue weighted by Gasteiger charge is 2.42. The molecule has 1 aliphatic rings. The van der Waals surface area contributed by atoms with E-state index in [0.717, 1.165) is 11.3 Å². The van der Waals surface area contributed by atoms with Crippen molar-refractivity contribution in [3.05, 3.63) is 108 Å². The molecule has 0 saturated carbocycles. The molecule has 2 aromatic carbocycles. The molecule has 186 valence electrons. The molecular formula is C28H24N4O4S. The van der Waals surface area contributed by atoms with Crippen LogP contribution in [-0.2, 0) is 9.53 Å². The molecule has 1 fully saturated rings. The Morgan fingerprint density at radius 3 is 2.62 bits per heavy atom. The molecule has 1 aliphatic heterocycles. The lowest BCUT2D eigenvalue weighted by Crippen LogP contribution is -2.36. The normalized spacial score (nSPS) is 16.8. The van der Waals surface area contributed by atoms with Gasteiger partial charge in [0, 0.05) is 17.4 Å². The van der Waals surface area contributed by atoms with Crippen molar-refractivity contribution in [2.75, 3.05) is 19.0 Å². The zero-order valence-electron chi connectivity index (χ0n) is 20.0. The number of para-hydroxylation sites is 1. The number of aromatic nitrogens is 1. The summed E-state index contributed by atoms with van der Waals surface area (Å²) in [4.78, 5) is 31.3. The Kier molecular flexibility index (Phi) is 6.96. The van der Waals surface area contributed by atoms with Crippen LogP contribution in [0.25, 0.3) is 11.3 Å². The summed E-state index contributed by atoms with van der Waals surface area (Å²) in [6.45, 7) is 0.0165. The molecule has 5 rings (SSSR count). The predicted molar refractivity (Wildman–Crippen MR) is 143 cm³/mol. The second-order valence-corrected chi connectivity index (χ2v) is 8.83. The monoisotopic (exact) mass is 512 g/mol. The van der Waals surface area contributed by atoms with E-state index in [4.69, 9.17) is 21.4 Å². The summed E-state index contributed by atoms with van der Waals surface area (Å²) in [6, 6.07) is 24.9. The Bertz CT molecular complexity index is 1420. The van der Waals surface area contributed by atoms with Crippen LogP contribution < -0.4 is 10.6 Å². The van der Waals surface area contributed by atoms with Crippen molar-refractivity contribution < 1.29 is 18.7 Å². The lowest BCUT2D eigenvalue weighted by Gasteiger charge is -2.25. The van der Waals surface area contributed by atoms with E-state index in [9.17, 15) is 9.59 Å². The van der Waals surface area contributed by atoms with E-state index in [1.807, 2.05) is 66.7 Å². The number of furan rings is 1. The van der Waals surface area contributed by atoms with Crippen LogP contribution in [0, 0.1) is 0 Å². The molecule has 2 aromatic heterocycles. The first-order valence-corrected chi connectivity index (χ1v) is 12.1. The van der Waals surface area contributed by atoms with Crippen LogP contribution >= 0.6 is 12.2 Å². The number of ether oxygens (including phenoxy) is 1. The molecule has 37 heavy (non-hydrogen) atoms. The second kappa shape index (κ2) is 10.6. The van der Waals surface area contributed by atoms with E-state index in [1.165, 1.54) is 7.11 Å². The number of carbonyl (C=O) groups excluding carboxylic acids is 2. The van der Waals surface area contributed by atoms with Gasteiger partial charge >= 0.3 is 5.97 Å². The van der Waals surface area contributed by atoms with Crippen molar-refractivity contribution in [3.8, 4) is 11.3 Å². The van der Waals surface area contributed by atoms with Gasteiger partial charge in [-0.15, -0.1) is 0 Å². The van der Waals surface area contributed by atoms with Crippen LogP contribution in [0.1, 0.15) is 33.9 Å². The zero-order chi connectivity index (χ0) is 25.8. The van der Waals surface area contributed by atoms with Crippen LogP contribution in [0.5, 0.6) is 0 Å². The Morgan fingerprint density at radius 1 is 1.05 bits per heavy atom. The van der Waals surface area contributed by atoms with Crippen molar-refractivity contribution in [1.29, 1.82) is 0 Å². The third-order valence-electron chi connectivity index (χ3n) is 6.06. The summed E-state index contributed by atoms with van der Waals surface area (Å²) >= 11 is 5.65. The van der Waals surface area contributed by atoms with Crippen molar-refractivity contribution in [2.24, 2.45) is 0 Å². The first kappa shape index (κ1) is 24.2. The smallest absolute Gasteiger partial charge is 0.337 e. The topological polar surface area (TPSA) is 96.7 Å². The molecule has 8 nitrogen and oxygen atoms in total. The van der Waals surface area contributed by atoms with Gasteiger partial charge in [0.05, 0.1) is 24.4 Å². The summed E-state index contributed by atoms with van der Waals surface area (Å²) in [5.74, 6) is 0.547. The highest BCUT2D eigenvalue weighted by atomic mass is 32.1. The Hall–Kier alpha value is -4.50. The van der Waals surface area contributed by atoms with Crippen molar-refractivity contribution in [1.82, 2.24) is 15.2 Å². The molecule has 4 aromatic rings. The van der Waals surface area contributed by atoms with Crippen molar-refractivity contribution in [2.45, 2.75) is 12.1 Å². The number of hydrogen-bond acceptors (Lipinski definition) is 6. The average molecular weight is 513 g/mol. The molecule has 0 aliphatic carbocycles. The van der Waals surface area contributed by atoms with Gasteiger partial charge in [-0.2, -0.15) is 0 Å². The van der Waals surface area contributed by atoms with Crippen molar-refractivity contribution in [3.63, 3.8) is 0 Å². The second-order valence-electron chi connectivity index (χ2n) is 8.44. The summed E-state index contributed by atoms with van der Waals surface area (Å²) in [6.07, 6.45) is 1.72. The van der Waals surface area contributed by atoms with Crippen LogP contribution in [0.2, 0.25) is 0 Å². The minimum absolute atomic E-state index is 0.0165. The van der Waals surface area contributed by atoms with Crippen molar-refractivity contribution >= 4 is 34.9 Å². The Labute approximate surface area is 219 Å². The number of rotatable bonds is 7. The molecule has 0 unspecified atom stereocenters. The lowest BCUT2D eigenvalue weighted by atomic mass is 10.0. The number of nitrogens with one attached hydrogen (secondary N) is 2. The van der Waals surface area contributed by atoms with E-state index in [1.54, 1.807) is 29.3 Å². The number of anilines is 1. The molecular weight excluding hydrogens is 488 g/mol. The third kappa shape index (κ3) is 5.22. The minimum Gasteiger partial charge on any atom is -0.465 e. The van der Waals surface area contributed by atoms with E-state index < -0.39 is 12.0 Å². The minimum atomic E-state index is -0.429. The quantitative estimate of drug-likeness (QED) is 0.271. The standard InChI is InChI=1S/C28H24N4O4S/c1-35-27(34)19-9-7-8-18(16-19)22-13-14-23(36-22)26-25(21-12-5-6-15-29-21)31-28(37)32(26)17-24(33)30-20-10-3-2-4-11-20/h2-16,25-26H,17H2,1H3,(H,30,33)(H,31,37)/t25-,26+/m0/s1. The fraction of sp³-hybridized carbons (Fsp3) is 0.143. The van der Waals surface area contributed by atoms with Crippen LogP contribution in [-0.4, -0.2) is 40.5 Å². The molecule has 1 amide bonds. The van der Waals surface area contributed by atoms with Gasteiger partial charge in [0.15, 0.2) is 5.11 Å². The SMILES string of the molecule is COC(=O)c1cccc(-c2ccc([C@@H]3[C@H](c4ccccn4)NC(=S)N3CC(=O)Nc3ccccc3)o2)c1. The molecule has 9 heteroatoms. The number of thiocarbonyl (C=S) groups is 1. The molecule has 2 atom stereocenters. The Morgan fingerprint density at radius 2 is 1.86 bits per heavy atom. The highest BCUT2D eigenvalue weighted by molar-refractivity contribution is 7.80. The van der Waals surface area contributed by atoms with E-state index in [-0.39, 0.29) is 18.5 Å². The fourth-order valence-electron chi connectivity index (χ4n) is 4.35. The molecule has 3 heterocycles. The summed E-state index contributed by atoms with van der Waals surface area (Å²) in [5, 5.41) is 6.65. The van der Waals surface area contributed by atoms with Gasteiger partial charge in [0.25, 0.3) is 0 Å². The van der Waals surface area contributed by atoms with Gasteiger partial charge in [-0.3, -0.25) is 9.78 Å².